The predicted octanol–water partition coefficient (Wildman–Crippen LogP) is 5.25. The first-order valence-corrected chi connectivity index (χ1v) is 17.6. The van der Waals surface area contributed by atoms with Crippen LogP contribution in [0.2, 0.25) is 18.6 Å². The number of aromatic nitrogens is 3. The van der Waals surface area contributed by atoms with E-state index in [1.165, 1.54) is 5.56 Å². The molecule has 1 amide bonds. The summed E-state index contributed by atoms with van der Waals surface area (Å²) in [6, 6.07) is 20.3. The number of rotatable bonds is 10. The average molecular weight is 571 g/mol. The van der Waals surface area contributed by atoms with Crippen molar-refractivity contribution in [3.63, 3.8) is 0 Å². The Labute approximate surface area is 241 Å². The van der Waals surface area contributed by atoms with Crippen LogP contribution in [-0.2, 0) is 24.1 Å². The molecule has 3 aromatic carbocycles. The van der Waals surface area contributed by atoms with Gasteiger partial charge in [-0.05, 0) is 73.5 Å². The van der Waals surface area contributed by atoms with Crippen LogP contribution >= 0.6 is 0 Å². The Morgan fingerprint density at radius 1 is 0.976 bits per heavy atom. The minimum atomic E-state index is -2.46. The Hall–Kier alpha value is -3.37. The number of aliphatic hydroxyl groups excluding tert-OH is 1. The van der Waals surface area contributed by atoms with Crippen molar-refractivity contribution in [2.75, 3.05) is 11.5 Å². The van der Waals surface area contributed by atoms with E-state index in [1.54, 1.807) is 4.68 Å². The van der Waals surface area contributed by atoms with E-state index in [9.17, 15) is 9.59 Å². The number of aryl methyl sites for hydroxylation is 2. The zero-order valence-corrected chi connectivity index (χ0v) is 24.9. The lowest BCUT2D eigenvalue weighted by Gasteiger charge is -2.30. The van der Waals surface area contributed by atoms with Crippen LogP contribution in [0.15, 0.2) is 66.9 Å². The molecule has 0 radical (unpaired) electrons. The van der Waals surface area contributed by atoms with Crippen molar-refractivity contribution in [3.8, 4) is 0 Å². The van der Waals surface area contributed by atoms with Gasteiger partial charge in [0.2, 0.25) is 0 Å². The number of nitrogens with zero attached hydrogens (tertiary/aromatic N) is 4. The minimum Gasteiger partial charge on any atom is -0.432 e. The highest BCUT2D eigenvalue weighted by atomic mass is 28.4. The molecular formula is C32H38N4O4Si. The van der Waals surface area contributed by atoms with E-state index in [4.69, 9.17) is 9.84 Å². The van der Waals surface area contributed by atoms with Crippen LogP contribution in [0.1, 0.15) is 41.4 Å². The summed E-state index contributed by atoms with van der Waals surface area (Å²) in [5.41, 5.74) is 4.68. The van der Waals surface area contributed by atoms with Crippen molar-refractivity contribution < 1.29 is 19.4 Å². The van der Waals surface area contributed by atoms with Gasteiger partial charge in [0.15, 0.2) is 8.32 Å². The van der Waals surface area contributed by atoms with E-state index < -0.39 is 8.32 Å². The second-order valence-electron chi connectivity index (χ2n) is 12.0. The molecule has 6 rings (SSSR count). The standard InChI is InChI=1S/C32H38N4O4Si/c1-21-28(40-29(31(21)41(2,3)39)16-18-35-20-24(17-19-37)33-34-35)15-12-22-10-13-25(14-11-22)36-27-9-5-7-23-6-4-8-26(30(23)27)32(36)38/h4-11,13-14,20-21,28-29,31,37,39H,12,15-19H2,1-3H3/t21-,28+,29-,31+/m1/s1. The number of anilines is 2. The molecule has 0 bridgehead atoms. The summed E-state index contributed by atoms with van der Waals surface area (Å²) >= 11 is 0. The number of carbonyl (C=O) groups is 1. The van der Waals surface area contributed by atoms with Gasteiger partial charge in [0.25, 0.3) is 5.91 Å². The molecule has 4 aromatic rings. The second-order valence-corrected chi connectivity index (χ2v) is 16.0. The summed E-state index contributed by atoms with van der Waals surface area (Å²) in [6.45, 7) is 6.96. The fourth-order valence-corrected chi connectivity index (χ4v) is 9.57. The highest BCUT2D eigenvalue weighted by Crippen LogP contribution is 2.46. The lowest BCUT2D eigenvalue weighted by Crippen LogP contribution is -2.40. The predicted molar refractivity (Wildman–Crippen MR) is 162 cm³/mol. The van der Waals surface area contributed by atoms with E-state index in [0.717, 1.165) is 52.7 Å². The van der Waals surface area contributed by atoms with Gasteiger partial charge in [-0.1, -0.05) is 48.5 Å². The average Bonchev–Trinajstić information content (AvgIpc) is 3.62. The molecule has 2 N–H and O–H groups in total. The fraction of sp³-hybridized carbons (Fsp3) is 0.406. The van der Waals surface area contributed by atoms with Gasteiger partial charge in [0.05, 0.1) is 29.2 Å². The van der Waals surface area contributed by atoms with E-state index in [-0.39, 0.29) is 36.2 Å². The molecule has 8 nitrogen and oxygen atoms in total. The van der Waals surface area contributed by atoms with Crippen LogP contribution in [0.25, 0.3) is 10.8 Å². The summed E-state index contributed by atoms with van der Waals surface area (Å²) in [7, 11) is -2.46. The Kier molecular flexibility index (Phi) is 7.54. The van der Waals surface area contributed by atoms with Gasteiger partial charge in [-0.25, -0.2) is 0 Å². The quantitative estimate of drug-likeness (QED) is 0.253. The highest BCUT2D eigenvalue weighted by molar-refractivity contribution is 6.71. The number of hydrogen-bond donors (Lipinski definition) is 2. The molecule has 2 aliphatic rings. The normalized spacial score (nSPS) is 22.3. The first kappa shape index (κ1) is 27.8. The van der Waals surface area contributed by atoms with Gasteiger partial charge in [-0.3, -0.25) is 14.4 Å². The van der Waals surface area contributed by atoms with E-state index in [0.29, 0.717) is 13.0 Å². The molecule has 1 aromatic heterocycles. The number of aliphatic hydroxyl groups is 1. The van der Waals surface area contributed by atoms with Crippen molar-refractivity contribution >= 4 is 36.4 Å². The summed E-state index contributed by atoms with van der Waals surface area (Å²) in [4.78, 5) is 26.3. The first-order valence-electron chi connectivity index (χ1n) is 14.6. The molecule has 0 spiro atoms. The Morgan fingerprint density at radius 3 is 2.46 bits per heavy atom. The van der Waals surface area contributed by atoms with E-state index in [1.807, 2.05) is 72.7 Å². The van der Waals surface area contributed by atoms with Crippen LogP contribution in [0.4, 0.5) is 11.4 Å². The lowest BCUT2D eigenvalue weighted by atomic mass is 9.95. The zero-order chi connectivity index (χ0) is 28.7. The summed E-state index contributed by atoms with van der Waals surface area (Å²) < 4.78 is 8.42. The fourth-order valence-electron chi connectivity index (χ4n) is 6.91. The largest absolute Gasteiger partial charge is 0.432 e. The highest BCUT2D eigenvalue weighted by Gasteiger charge is 2.49. The van der Waals surface area contributed by atoms with Gasteiger partial charge in [0, 0.05) is 42.4 Å². The van der Waals surface area contributed by atoms with E-state index in [2.05, 4.69) is 29.4 Å². The number of ether oxygens (including phenoxy) is 1. The Morgan fingerprint density at radius 2 is 1.73 bits per heavy atom. The zero-order valence-electron chi connectivity index (χ0n) is 23.9. The maximum atomic E-state index is 13.3. The molecular weight excluding hydrogens is 532 g/mol. The monoisotopic (exact) mass is 570 g/mol. The summed E-state index contributed by atoms with van der Waals surface area (Å²) in [5, 5.41) is 19.5. The van der Waals surface area contributed by atoms with E-state index >= 15 is 0 Å². The molecule has 9 heteroatoms. The van der Waals surface area contributed by atoms with Crippen molar-refractivity contribution in [1.29, 1.82) is 0 Å². The maximum absolute atomic E-state index is 13.3. The number of carbonyl (C=O) groups excluding carboxylic acids is 1. The molecule has 0 unspecified atom stereocenters. The number of benzene rings is 3. The molecule has 4 atom stereocenters. The molecule has 2 aliphatic heterocycles. The van der Waals surface area contributed by atoms with Crippen molar-refractivity contribution in [2.24, 2.45) is 5.92 Å². The molecule has 1 saturated heterocycles. The minimum absolute atomic E-state index is 0.0149. The molecule has 1 fully saturated rings. The van der Waals surface area contributed by atoms with Crippen LogP contribution in [0.3, 0.4) is 0 Å². The lowest BCUT2D eigenvalue weighted by molar-refractivity contribution is 0.0245. The van der Waals surface area contributed by atoms with Crippen molar-refractivity contribution in [2.45, 2.75) is 70.0 Å². The number of hydrogen-bond acceptors (Lipinski definition) is 6. The summed E-state index contributed by atoms with van der Waals surface area (Å²) in [6.07, 6.45) is 4.91. The van der Waals surface area contributed by atoms with Crippen molar-refractivity contribution in [1.82, 2.24) is 15.0 Å². The van der Waals surface area contributed by atoms with Crippen LogP contribution in [-0.4, -0.2) is 57.9 Å². The molecule has 0 aliphatic carbocycles. The van der Waals surface area contributed by atoms with Crippen LogP contribution in [0, 0.1) is 5.92 Å². The van der Waals surface area contributed by atoms with Gasteiger partial charge in [-0.15, -0.1) is 5.10 Å². The molecule has 0 saturated carbocycles. The topological polar surface area (TPSA) is 101 Å². The smallest absolute Gasteiger partial charge is 0.263 e. The van der Waals surface area contributed by atoms with Gasteiger partial charge in [0.1, 0.15) is 0 Å². The third-order valence-electron chi connectivity index (χ3n) is 8.78. The van der Waals surface area contributed by atoms with Gasteiger partial charge < -0.3 is 14.6 Å². The van der Waals surface area contributed by atoms with Gasteiger partial charge in [-0.2, -0.15) is 0 Å². The molecule has 214 valence electrons. The Bertz CT molecular complexity index is 1540. The third-order valence-corrected chi connectivity index (χ3v) is 11.3. The maximum Gasteiger partial charge on any atom is 0.263 e. The summed E-state index contributed by atoms with van der Waals surface area (Å²) in [5.74, 6) is 0.272. The van der Waals surface area contributed by atoms with Crippen LogP contribution in [0.5, 0.6) is 0 Å². The molecule has 3 heterocycles. The van der Waals surface area contributed by atoms with Crippen molar-refractivity contribution in [3.05, 3.63) is 83.7 Å². The SMILES string of the molecule is C[C@H]1[C@H]([Si](C)(C)O)[C@@H](CCn2cc(CCO)nn2)O[C@H]1CCc1ccc(N2C(=O)c3cccc4cccc2c34)cc1. The molecule has 41 heavy (non-hydrogen) atoms. The number of amides is 1. The second kappa shape index (κ2) is 11.1. The van der Waals surface area contributed by atoms with Crippen LogP contribution < -0.4 is 4.90 Å². The Balaban J connectivity index is 1.11. The first-order chi connectivity index (χ1) is 19.7. The third kappa shape index (κ3) is 5.35. The van der Waals surface area contributed by atoms with Gasteiger partial charge >= 0.3 is 0 Å².